The number of carbonyl (C=O) groups is 1. The average Bonchev–Trinajstić information content (AvgIpc) is 2.97. The van der Waals surface area contributed by atoms with E-state index in [-0.39, 0.29) is 18.3 Å². The monoisotopic (exact) mass is 262 g/mol. The van der Waals surface area contributed by atoms with Gasteiger partial charge in [-0.3, -0.25) is 4.79 Å². The molecule has 1 aliphatic rings. The third kappa shape index (κ3) is 3.98. The average molecular weight is 262 g/mol. The fourth-order valence-electron chi connectivity index (χ4n) is 2.42. The molecule has 0 amide bonds. The lowest BCUT2D eigenvalue weighted by atomic mass is 10.0. The predicted octanol–water partition coefficient (Wildman–Crippen LogP) is 3.61. The van der Waals surface area contributed by atoms with Crippen LogP contribution in [-0.4, -0.2) is 19.0 Å². The second-order valence-electron chi connectivity index (χ2n) is 5.03. The first-order valence-electron chi connectivity index (χ1n) is 7.18. The molecule has 104 valence electrons. The molecule has 3 nitrogen and oxygen atoms in total. The maximum absolute atomic E-state index is 12.0. The Bertz CT molecular complexity index is 408. The summed E-state index contributed by atoms with van der Waals surface area (Å²) in [5.41, 5.74) is 0. The molecule has 1 aromatic rings. The van der Waals surface area contributed by atoms with Gasteiger partial charge in [-0.25, -0.2) is 0 Å². The van der Waals surface area contributed by atoms with Crippen molar-refractivity contribution in [3.8, 4) is 11.5 Å². The van der Waals surface area contributed by atoms with Crippen LogP contribution in [0.4, 0.5) is 0 Å². The van der Waals surface area contributed by atoms with Gasteiger partial charge in [0.15, 0.2) is 17.3 Å². The van der Waals surface area contributed by atoms with E-state index in [2.05, 4.69) is 6.92 Å². The number of para-hydroxylation sites is 2. The third-order valence-electron chi connectivity index (χ3n) is 3.49. The Labute approximate surface area is 114 Å². The highest BCUT2D eigenvalue weighted by Crippen LogP contribution is 2.28. The van der Waals surface area contributed by atoms with E-state index in [1.54, 1.807) is 0 Å². The van der Waals surface area contributed by atoms with Gasteiger partial charge in [-0.2, -0.15) is 0 Å². The molecular formula is C16H22O3. The molecule has 0 heterocycles. The SMILES string of the molecule is CCCOc1ccccc1OCC(=O)C1CCCC1. The lowest BCUT2D eigenvalue weighted by Gasteiger charge is -2.13. The normalized spacial score (nSPS) is 15.4. The molecular weight excluding hydrogens is 240 g/mol. The van der Waals surface area contributed by atoms with Crippen LogP contribution in [0.15, 0.2) is 24.3 Å². The number of hydrogen-bond donors (Lipinski definition) is 0. The van der Waals surface area contributed by atoms with Gasteiger partial charge in [0.05, 0.1) is 6.61 Å². The van der Waals surface area contributed by atoms with E-state index in [4.69, 9.17) is 9.47 Å². The summed E-state index contributed by atoms with van der Waals surface area (Å²) in [6.45, 7) is 2.89. The largest absolute Gasteiger partial charge is 0.490 e. The summed E-state index contributed by atoms with van der Waals surface area (Å²) >= 11 is 0. The molecule has 0 bridgehead atoms. The van der Waals surface area contributed by atoms with Gasteiger partial charge in [-0.1, -0.05) is 31.9 Å². The molecule has 0 aliphatic heterocycles. The van der Waals surface area contributed by atoms with E-state index >= 15 is 0 Å². The lowest BCUT2D eigenvalue weighted by Crippen LogP contribution is -2.19. The summed E-state index contributed by atoms with van der Waals surface area (Å²) in [4.78, 5) is 12.0. The highest BCUT2D eigenvalue weighted by atomic mass is 16.5. The molecule has 0 spiro atoms. The van der Waals surface area contributed by atoms with Gasteiger partial charge in [0.2, 0.25) is 0 Å². The number of ketones is 1. The van der Waals surface area contributed by atoms with Crippen molar-refractivity contribution >= 4 is 5.78 Å². The van der Waals surface area contributed by atoms with E-state index in [1.807, 2.05) is 24.3 Å². The Kier molecular flexibility index (Phi) is 5.25. The van der Waals surface area contributed by atoms with Crippen LogP contribution in [0.3, 0.4) is 0 Å². The molecule has 0 N–H and O–H groups in total. The van der Waals surface area contributed by atoms with Crippen molar-refractivity contribution in [2.24, 2.45) is 5.92 Å². The van der Waals surface area contributed by atoms with Crippen LogP contribution >= 0.6 is 0 Å². The molecule has 3 heteroatoms. The number of Topliss-reactive ketones (excluding diaryl/α,β-unsaturated/α-hetero) is 1. The smallest absolute Gasteiger partial charge is 0.173 e. The number of carbonyl (C=O) groups excluding carboxylic acids is 1. The Balaban J connectivity index is 1.89. The van der Waals surface area contributed by atoms with Gasteiger partial charge in [0, 0.05) is 5.92 Å². The van der Waals surface area contributed by atoms with Crippen LogP contribution in [0.25, 0.3) is 0 Å². The summed E-state index contributed by atoms with van der Waals surface area (Å²) in [7, 11) is 0. The summed E-state index contributed by atoms with van der Waals surface area (Å²) < 4.78 is 11.2. The summed E-state index contributed by atoms with van der Waals surface area (Å²) in [5.74, 6) is 1.83. The fourth-order valence-corrected chi connectivity index (χ4v) is 2.42. The highest BCUT2D eigenvalue weighted by molar-refractivity contribution is 5.82. The molecule has 2 rings (SSSR count). The Morgan fingerprint density at radius 1 is 1.16 bits per heavy atom. The van der Waals surface area contributed by atoms with Gasteiger partial charge in [0.1, 0.15) is 6.61 Å². The van der Waals surface area contributed by atoms with Crippen molar-refractivity contribution in [3.63, 3.8) is 0 Å². The lowest BCUT2D eigenvalue weighted by molar-refractivity contribution is -0.124. The maximum Gasteiger partial charge on any atom is 0.173 e. The van der Waals surface area contributed by atoms with E-state index in [1.165, 1.54) is 12.8 Å². The number of ether oxygens (including phenoxy) is 2. The zero-order chi connectivity index (χ0) is 13.5. The van der Waals surface area contributed by atoms with Crippen LogP contribution < -0.4 is 9.47 Å². The molecule has 1 aliphatic carbocycles. The first kappa shape index (κ1) is 13.9. The molecule has 0 atom stereocenters. The molecule has 1 saturated carbocycles. The van der Waals surface area contributed by atoms with Crippen LogP contribution in [0.5, 0.6) is 11.5 Å². The van der Waals surface area contributed by atoms with Gasteiger partial charge in [0.25, 0.3) is 0 Å². The second kappa shape index (κ2) is 7.17. The molecule has 19 heavy (non-hydrogen) atoms. The fraction of sp³-hybridized carbons (Fsp3) is 0.562. The number of rotatable bonds is 7. The minimum Gasteiger partial charge on any atom is -0.490 e. The van der Waals surface area contributed by atoms with Gasteiger partial charge < -0.3 is 9.47 Å². The van der Waals surface area contributed by atoms with Crippen molar-refractivity contribution in [2.75, 3.05) is 13.2 Å². The molecule has 0 radical (unpaired) electrons. The first-order chi connectivity index (χ1) is 9.31. The van der Waals surface area contributed by atoms with E-state index in [0.717, 1.165) is 25.0 Å². The topological polar surface area (TPSA) is 35.5 Å². The molecule has 1 aromatic carbocycles. The highest BCUT2D eigenvalue weighted by Gasteiger charge is 2.23. The predicted molar refractivity (Wildman–Crippen MR) is 74.7 cm³/mol. The summed E-state index contributed by atoms with van der Waals surface area (Å²) in [6, 6.07) is 7.54. The second-order valence-corrected chi connectivity index (χ2v) is 5.03. The quantitative estimate of drug-likeness (QED) is 0.753. The van der Waals surface area contributed by atoms with Crippen molar-refractivity contribution in [1.82, 2.24) is 0 Å². The minimum atomic E-state index is 0.164. The number of benzene rings is 1. The van der Waals surface area contributed by atoms with Crippen molar-refractivity contribution in [1.29, 1.82) is 0 Å². The Morgan fingerprint density at radius 2 is 1.79 bits per heavy atom. The molecule has 1 fully saturated rings. The van der Waals surface area contributed by atoms with Crippen LogP contribution in [-0.2, 0) is 4.79 Å². The first-order valence-corrected chi connectivity index (χ1v) is 7.18. The zero-order valence-electron chi connectivity index (χ0n) is 11.6. The van der Waals surface area contributed by atoms with E-state index in [0.29, 0.717) is 12.4 Å². The van der Waals surface area contributed by atoms with Crippen molar-refractivity contribution < 1.29 is 14.3 Å². The van der Waals surface area contributed by atoms with Crippen LogP contribution in [0, 0.1) is 5.92 Å². The van der Waals surface area contributed by atoms with Gasteiger partial charge in [-0.15, -0.1) is 0 Å². The van der Waals surface area contributed by atoms with Crippen molar-refractivity contribution in [2.45, 2.75) is 39.0 Å². The Hall–Kier alpha value is -1.51. The van der Waals surface area contributed by atoms with Gasteiger partial charge >= 0.3 is 0 Å². The summed E-state index contributed by atoms with van der Waals surface area (Å²) in [5, 5.41) is 0. The van der Waals surface area contributed by atoms with Crippen molar-refractivity contribution in [3.05, 3.63) is 24.3 Å². The van der Waals surface area contributed by atoms with Crippen LogP contribution in [0.2, 0.25) is 0 Å². The van der Waals surface area contributed by atoms with Crippen LogP contribution in [0.1, 0.15) is 39.0 Å². The standard InChI is InChI=1S/C16H22O3/c1-2-11-18-15-9-5-6-10-16(15)19-12-14(17)13-7-3-4-8-13/h5-6,9-10,13H,2-4,7-8,11-12H2,1H3. The van der Waals surface area contributed by atoms with E-state index < -0.39 is 0 Å². The third-order valence-corrected chi connectivity index (χ3v) is 3.49. The molecule has 0 saturated heterocycles. The molecule has 0 aromatic heterocycles. The molecule has 0 unspecified atom stereocenters. The van der Waals surface area contributed by atoms with E-state index in [9.17, 15) is 4.79 Å². The maximum atomic E-state index is 12.0. The Morgan fingerprint density at radius 3 is 2.42 bits per heavy atom. The minimum absolute atomic E-state index is 0.164. The zero-order valence-corrected chi connectivity index (χ0v) is 11.6. The summed E-state index contributed by atoms with van der Waals surface area (Å²) in [6.07, 6.45) is 5.35. The van der Waals surface area contributed by atoms with Gasteiger partial charge in [-0.05, 0) is 31.4 Å². The number of hydrogen-bond acceptors (Lipinski definition) is 3.